The van der Waals surface area contributed by atoms with E-state index >= 15 is 0 Å². The second-order valence-corrected chi connectivity index (χ2v) is 3.95. The first kappa shape index (κ1) is 12.3. The molecule has 0 saturated heterocycles. The van der Waals surface area contributed by atoms with Gasteiger partial charge < -0.3 is 10.5 Å². The fourth-order valence-corrected chi connectivity index (χ4v) is 1.67. The Balaban J connectivity index is 2.09. The molecule has 0 spiro atoms. The average molecular weight is 245 g/mol. The third kappa shape index (κ3) is 2.75. The Hall–Kier alpha value is -2.14. The smallest absolute Gasteiger partial charge is 0.324 e. The molecule has 0 saturated carbocycles. The predicted octanol–water partition coefficient (Wildman–Crippen LogP) is 1.05. The molecule has 0 radical (unpaired) electrons. The summed E-state index contributed by atoms with van der Waals surface area (Å²) in [6.45, 7) is 0.305. The summed E-state index contributed by atoms with van der Waals surface area (Å²) in [5.41, 5.74) is 7.74. The van der Waals surface area contributed by atoms with Crippen LogP contribution in [0.3, 0.4) is 0 Å². The highest BCUT2D eigenvalue weighted by Gasteiger charge is 2.14. The van der Waals surface area contributed by atoms with E-state index in [0.717, 1.165) is 11.1 Å². The second-order valence-electron chi connectivity index (χ2n) is 3.95. The summed E-state index contributed by atoms with van der Waals surface area (Å²) in [6, 6.07) is 9.20. The van der Waals surface area contributed by atoms with Crippen molar-refractivity contribution >= 4 is 5.97 Å². The number of hydrogen-bond acceptors (Lipinski definition) is 4. The van der Waals surface area contributed by atoms with E-state index in [-0.39, 0.29) is 0 Å². The standard InChI is InChI=1S/C13H15N3O2/c1-18-13(17)12(14)9-16-8-11(7-15-16)10-5-3-2-4-6-10/h2-8,12H,9,14H2,1H3. The Labute approximate surface area is 105 Å². The molecule has 0 bridgehead atoms. The van der Waals surface area contributed by atoms with Gasteiger partial charge in [-0.05, 0) is 5.56 Å². The first-order chi connectivity index (χ1) is 8.70. The molecule has 1 aromatic heterocycles. The molecule has 0 aliphatic heterocycles. The molecule has 0 amide bonds. The van der Waals surface area contributed by atoms with Gasteiger partial charge in [-0.2, -0.15) is 5.10 Å². The fraction of sp³-hybridized carbons (Fsp3) is 0.231. The van der Waals surface area contributed by atoms with Crippen molar-refractivity contribution in [2.75, 3.05) is 7.11 Å². The van der Waals surface area contributed by atoms with Crippen molar-refractivity contribution in [2.45, 2.75) is 12.6 Å². The molecule has 1 atom stereocenters. The molecule has 18 heavy (non-hydrogen) atoms. The zero-order valence-electron chi connectivity index (χ0n) is 10.1. The Morgan fingerprint density at radius 2 is 2.11 bits per heavy atom. The SMILES string of the molecule is COC(=O)C(N)Cn1cc(-c2ccccc2)cn1. The lowest BCUT2D eigenvalue weighted by molar-refractivity contribution is -0.142. The number of nitrogens with two attached hydrogens (primary N) is 1. The molecule has 94 valence electrons. The number of aromatic nitrogens is 2. The second kappa shape index (κ2) is 5.46. The first-order valence-electron chi connectivity index (χ1n) is 5.62. The maximum absolute atomic E-state index is 11.2. The van der Waals surface area contributed by atoms with E-state index in [2.05, 4.69) is 9.84 Å². The quantitative estimate of drug-likeness (QED) is 0.817. The van der Waals surface area contributed by atoms with Crippen molar-refractivity contribution in [3.8, 4) is 11.1 Å². The normalized spacial score (nSPS) is 12.1. The van der Waals surface area contributed by atoms with Gasteiger partial charge in [0.25, 0.3) is 0 Å². The summed E-state index contributed by atoms with van der Waals surface area (Å²) < 4.78 is 6.21. The van der Waals surface area contributed by atoms with Crippen molar-refractivity contribution in [2.24, 2.45) is 5.73 Å². The molecule has 2 N–H and O–H groups in total. The van der Waals surface area contributed by atoms with E-state index in [1.807, 2.05) is 36.5 Å². The summed E-state index contributed by atoms with van der Waals surface area (Å²) in [5.74, 6) is -0.438. The zero-order chi connectivity index (χ0) is 13.0. The van der Waals surface area contributed by atoms with Crippen LogP contribution in [0, 0.1) is 0 Å². The first-order valence-corrected chi connectivity index (χ1v) is 5.62. The lowest BCUT2D eigenvalue weighted by Crippen LogP contribution is -2.35. The Morgan fingerprint density at radius 3 is 2.78 bits per heavy atom. The zero-order valence-corrected chi connectivity index (χ0v) is 10.1. The summed E-state index contributed by atoms with van der Waals surface area (Å²) in [6.07, 6.45) is 3.61. The van der Waals surface area contributed by atoms with Gasteiger partial charge in [-0.3, -0.25) is 9.48 Å². The highest BCUT2D eigenvalue weighted by molar-refractivity contribution is 5.75. The van der Waals surface area contributed by atoms with Crippen LogP contribution < -0.4 is 5.73 Å². The van der Waals surface area contributed by atoms with E-state index < -0.39 is 12.0 Å². The molecule has 0 fully saturated rings. The summed E-state index contributed by atoms with van der Waals surface area (Å²) in [5, 5.41) is 4.18. The number of hydrogen-bond donors (Lipinski definition) is 1. The van der Waals surface area contributed by atoms with Gasteiger partial charge in [-0.1, -0.05) is 30.3 Å². The fourth-order valence-electron chi connectivity index (χ4n) is 1.67. The summed E-state index contributed by atoms with van der Waals surface area (Å²) >= 11 is 0. The van der Waals surface area contributed by atoms with Gasteiger partial charge in [0.15, 0.2) is 0 Å². The van der Waals surface area contributed by atoms with Crippen LogP contribution >= 0.6 is 0 Å². The topological polar surface area (TPSA) is 70.1 Å². The maximum Gasteiger partial charge on any atom is 0.324 e. The predicted molar refractivity (Wildman–Crippen MR) is 67.7 cm³/mol. The Kier molecular flexibility index (Phi) is 3.74. The third-order valence-corrected chi connectivity index (χ3v) is 2.63. The molecule has 1 aromatic carbocycles. The monoisotopic (exact) mass is 245 g/mol. The van der Waals surface area contributed by atoms with Crippen LogP contribution in [0.4, 0.5) is 0 Å². The van der Waals surface area contributed by atoms with Gasteiger partial charge in [0, 0.05) is 11.8 Å². The number of carbonyl (C=O) groups excluding carboxylic acids is 1. The minimum atomic E-state index is -0.696. The Bertz CT molecular complexity index is 522. The van der Waals surface area contributed by atoms with Crippen LogP contribution in [0.2, 0.25) is 0 Å². The molecule has 2 aromatic rings. The lowest BCUT2D eigenvalue weighted by Gasteiger charge is -2.08. The summed E-state index contributed by atoms with van der Waals surface area (Å²) in [4.78, 5) is 11.2. The highest BCUT2D eigenvalue weighted by atomic mass is 16.5. The van der Waals surface area contributed by atoms with E-state index in [9.17, 15) is 4.79 Å². The van der Waals surface area contributed by atoms with E-state index in [1.165, 1.54) is 7.11 Å². The minimum absolute atomic E-state index is 0.305. The number of methoxy groups -OCH3 is 1. The van der Waals surface area contributed by atoms with Crippen LogP contribution in [0.15, 0.2) is 42.7 Å². The van der Waals surface area contributed by atoms with Crippen LogP contribution in [0.5, 0.6) is 0 Å². The summed E-state index contributed by atoms with van der Waals surface area (Å²) in [7, 11) is 1.32. The Morgan fingerprint density at radius 1 is 1.39 bits per heavy atom. The largest absolute Gasteiger partial charge is 0.468 e. The van der Waals surface area contributed by atoms with E-state index in [4.69, 9.17) is 5.73 Å². The average Bonchev–Trinajstić information content (AvgIpc) is 2.87. The van der Waals surface area contributed by atoms with Gasteiger partial charge in [-0.15, -0.1) is 0 Å². The number of benzene rings is 1. The molecular weight excluding hydrogens is 230 g/mol. The highest BCUT2D eigenvalue weighted by Crippen LogP contribution is 2.17. The van der Waals surface area contributed by atoms with Gasteiger partial charge in [0.05, 0.1) is 19.9 Å². The number of ether oxygens (including phenoxy) is 1. The molecule has 1 unspecified atom stereocenters. The van der Waals surface area contributed by atoms with Crippen molar-refractivity contribution in [3.05, 3.63) is 42.7 Å². The van der Waals surface area contributed by atoms with Gasteiger partial charge in [0.1, 0.15) is 6.04 Å². The van der Waals surface area contributed by atoms with Crippen molar-refractivity contribution in [1.29, 1.82) is 0 Å². The molecule has 0 aliphatic carbocycles. The molecule has 5 heteroatoms. The lowest BCUT2D eigenvalue weighted by atomic mass is 10.1. The minimum Gasteiger partial charge on any atom is -0.468 e. The van der Waals surface area contributed by atoms with Crippen molar-refractivity contribution in [1.82, 2.24) is 9.78 Å². The van der Waals surface area contributed by atoms with Crippen LogP contribution in [0.1, 0.15) is 0 Å². The third-order valence-electron chi connectivity index (χ3n) is 2.63. The van der Waals surface area contributed by atoms with Gasteiger partial charge in [-0.25, -0.2) is 0 Å². The van der Waals surface area contributed by atoms with E-state index in [1.54, 1.807) is 10.9 Å². The van der Waals surface area contributed by atoms with Gasteiger partial charge >= 0.3 is 5.97 Å². The van der Waals surface area contributed by atoms with Crippen molar-refractivity contribution in [3.63, 3.8) is 0 Å². The number of carbonyl (C=O) groups is 1. The van der Waals surface area contributed by atoms with E-state index in [0.29, 0.717) is 6.54 Å². The number of nitrogens with zero attached hydrogens (tertiary/aromatic N) is 2. The molecule has 5 nitrogen and oxygen atoms in total. The number of esters is 1. The van der Waals surface area contributed by atoms with Crippen molar-refractivity contribution < 1.29 is 9.53 Å². The molecule has 1 heterocycles. The number of rotatable bonds is 4. The van der Waals surface area contributed by atoms with Crippen LogP contribution in [-0.2, 0) is 16.1 Å². The molecular formula is C13H15N3O2. The maximum atomic E-state index is 11.2. The molecule has 0 aliphatic rings. The molecule has 2 rings (SSSR count). The van der Waals surface area contributed by atoms with Crippen LogP contribution in [0.25, 0.3) is 11.1 Å². The van der Waals surface area contributed by atoms with Crippen LogP contribution in [-0.4, -0.2) is 28.9 Å². The van der Waals surface area contributed by atoms with Gasteiger partial charge in [0.2, 0.25) is 0 Å².